The SMILES string of the molecule is CC(C)CN(C)CCN(C)c1ccc(CCSc2ccnc3ccccc23)cc1. The molecular formula is C25H33N3S. The Morgan fingerprint density at radius 2 is 1.69 bits per heavy atom. The summed E-state index contributed by atoms with van der Waals surface area (Å²) in [5.74, 6) is 1.79. The van der Waals surface area contributed by atoms with Crippen LogP contribution in [-0.4, -0.2) is 49.4 Å². The zero-order valence-corrected chi connectivity index (χ0v) is 19.0. The molecule has 0 fully saturated rings. The molecule has 0 saturated heterocycles. The van der Waals surface area contributed by atoms with Gasteiger partial charge >= 0.3 is 0 Å². The Kier molecular flexibility index (Phi) is 7.96. The minimum Gasteiger partial charge on any atom is -0.373 e. The van der Waals surface area contributed by atoms with Gasteiger partial charge in [0, 0.05) is 54.6 Å². The first-order chi connectivity index (χ1) is 14.0. The Balaban J connectivity index is 1.49. The molecule has 0 atom stereocenters. The van der Waals surface area contributed by atoms with Gasteiger partial charge in [0.2, 0.25) is 0 Å². The highest BCUT2D eigenvalue weighted by molar-refractivity contribution is 7.99. The number of aromatic nitrogens is 1. The summed E-state index contributed by atoms with van der Waals surface area (Å²) in [4.78, 5) is 10.5. The number of thioether (sulfide) groups is 1. The topological polar surface area (TPSA) is 19.4 Å². The first-order valence-electron chi connectivity index (χ1n) is 10.5. The van der Waals surface area contributed by atoms with Crippen molar-refractivity contribution in [2.24, 2.45) is 5.92 Å². The second kappa shape index (κ2) is 10.7. The molecule has 0 saturated carbocycles. The van der Waals surface area contributed by atoms with E-state index >= 15 is 0 Å². The number of hydrogen-bond acceptors (Lipinski definition) is 4. The number of para-hydroxylation sites is 1. The Morgan fingerprint density at radius 1 is 0.931 bits per heavy atom. The van der Waals surface area contributed by atoms with E-state index in [0.717, 1.165) is 37.3 Å². The molecule has 1 heterocycles. The maximum atomic E-state index is 4.45. The molecule has 0 aliphatic carbocycles. The normalized spacial score (nSPS) is 11.5. The van der Waals surface area contributed by atoms with E-state index < -0.39 is 0 Å². The molecule has 0 amide bonds. The minimum atomic E-state index is 0.715. The van der Waals surface area contributed by atoms with Crippen molar-refractivity contribution in [2.75, 3.05) is 44.4 Å². The summed E-state index contributed by atoms with van der Waals surface area (Å²) in [6.07, 6.45) is 2.98. The van der Waals surface area contributed by atoms with Crippen molar-refractivity contribution in [1.82, 2.24) is 9.88 Å². The first-order valence-corrected chi connectivity index (χ1v) is 11.5. The average molecular weight is 408 g/mol. The van der Waals surface area contributed by atoms with Crippen molar-refractivity contribution in [3.8, 4) is 0 Å². The number of hydrogen-bond donors (Lipinski definition) is 0. The van der Waals surface area contributed by atoms with Gasteiger partial charge in [-0.1, -0.05) is 44.2 Å². The highest BCUT2D eigenvalue weighted by Gasteiger charge is 2.06. The lowest BCUT2D eigenvalue weighted by Gasteiger charge is -2.24. The van der Waals surface area contributed by atoms with Crippen molar-refractivity contribution < 1.29 is 0 Å². The van der Waals surface area contributed by atoms with E-state index in [1.807, 2.05) is 24.0 Å². The van der Waals surface area contributed by atoms with Crippen LogP contribution in [-0.2, 0) is 6.42 Å². The Hall–Kier alpha value is -2.04. The highest BCUT2D eigenvalue weighted by Crippen LogP contribution is 2.27. The Bertz CT molecular complexity index is 887. The van der Waals surface area contributed by atoms with Crippen molar-refractivity contribution >= 4 is 28.4 Å². The molecule has 4 heteroatoms. The zero-order chi connectivity index (χ0) is 20.6. The van der Waals surface area contributed by atoms with E-state index in [0.29, 0.717) is 5.92 Å². The largest absolute Gasteiger partial charge is 0.373 e. The molecule has 0 aliphatic rings. The summed E-state index contributed by atoms with van der Waals surface area (Å²) in [6, 6.07) is 19.6. The molecule has 1 aromatic heterocycles. The number of aryl methyl sites for hydroxylation is 1. The molecule has 0 unspecified atom stereocenters. The van der Waals surface area contributed by atoms with Gasteiger partial charge in [0.05, 0.1) is 5.52 Å². The van der Waals surface area contributed by atoms with Crippen molar-refractivity contribution in [1.29, 1.82) is 0 Å². The third-order valence-electron chi connectivity index (χ3n) is 5.13. The van der Waals surface area contributed by atoms with E-state index in [1.54, 1.807) is 0 Å². The first kappa shape index (κ1) is 21.7. The quantitative estimate of drug-likeness (QED) is 0.408. The van der Waals surface area contributed by atoms with Crippen LogP contribution in [0.2, 0.25) is 0 Å². The van der Waals surface area contributed by atoms with Gasteiger partial charge in [-0.15, -0.1) is 11.8 Å². The number of fused-ring (bicyclic) bond motifs is 1. The standard InChI is InChI=1S/C25H33N3S/c1-20(2)19-27(3)16-17-28(4)22-11-9-21(10-12-22)14-18-29-25-13-15-26-24-8-6-5-7-23(24)25/h5-13,15,20H,14,16-19H2,1-4H3. The van der Waals surface area contributed by atoms with E-state index in [-0.39, 0.29) is 0 Å². The van der Waals surface area contributed by atoms with E-state index in [4.69, 9.17) is 0 Å². The number of nitrogens with zero attached hydrogens (tertiary/aromatic N) is 3. The predicted molar refractivity (Wildman–Crippen MR) is 128 cm³/mol. The Labute approximate surface area is 180 Å². The molecule has 3 aromatic rings. The lowest BCUT2D eigenvalue weighted by Crippen LogP contribution is -2.32. The zero-order valence-electron chi connectivity index (χ0n) is 18.1. The van der Waals surface area contributed by atoms with Gasteiger partial charge in [-0.2, -0.15) is 0 Å². The number of benzene rings is 2. The van der Waals surface area contributed by atoms with Crippen LogP contribution in [0.15, 0.2) is 65.7 Å². The minimum absolute atomic E-state index is 0.715. The molecule has 2 aromatic carbocycles. The van der Waals surface area contributed by atoms with Crippen LogP contribution in [0.25, 0.3) is 10.9 Å². The number of likely N-dealkylation sites (N-methyl/N-ethyl adjacent to an activating group) is 2. The van der Waals surface area contributed by atoms with Crippen LogP contribution in [0.4, 0.5) is 5.69 Å². The monoisotopic (exact) mass is 407 g/mol. The van der Waals surface area contributed by atoms with E-state index in [9.17, 15) is 0 Å². The van der Waals surface area contributed by atoms with Crippen LogP contribution in [0, 0.1) is 5.92 Å². The van der Waals surface area contributed by atoms with Gasteiger partial charge in [0.1, 0.15) is 0 Å². The van der Waals surface area contributed by atoms with Crippen molar-refractivity contribution in [3.05, 3.63) is 66.4 Å². The molecule has 154 valence electrons. The van der Waals surface area contributed by atoms with Crippen LogP contribution in [0.3, 0.4) is 0 Å². The fourth-order valence-corrected chi connectivity index (χ4v) is 4.60. The number of pyridine rings is 1. The third kappa shape index (κ3) is 6.48. The smallest absolute Gasteiger partial charge is 0.0713 e. The fraction of sp³-hybridized carbons (Fsp3) is 0.400. The molecule has 0 spiro atoms. The number of rotatable bonds is 10. The Morgan fingerprint density at radius 3 is 2.45 bits per heavy atom. The molecule has 0 bridgehead atoms. The van der Waals surface area contributed by atoms with Crippen LogP contribution < -0.4 is 4.90 Å². The molecule has 0 N–H and O–H groups in total. The lowest BCUT2D eigenvalue weighted by molar-refractivity contribution is 0.302. The average Bonchev–Trinajstić information content (AvgIpc) is 2.72. The maximum Gasteiger partial charge on any atom is 0.0713 e. The van der Waals surface area contributed by atoms with Gasteiger partial charge in [-0.25, -0.2) is 0 Å². The summed E-state index contributed by atoms with van der Waals surface area (Å²) in [5, 5.41) is 1.25. The second-order valence-electron chi connectivity index (χ2n) is 8.17. The summed E-state index contributed by atoms with van der Waals surface area (Å²) in [5.41, 5.74) is 3.76. The molecule has 3 nitrogen and oxygen atoms in total. The number of anilines is 1. The van der Waals surface area contributed by atoms with Gasteiger partial charge < -0.3 is 9.80 Å². The van der Waals surface area contributed by atoms with Crippen molar-refractivity contribution in [2.45, 2.75) is 25.2 Å². The van der Waals surface area contributed by atoms with Gasteiger partial charge in [-0.3, -0.25) is 4.98 Å². The maximum absolute atomic E-state index is 4.45. The van der Waals surface area contributed by atoms with Gasteiger partial charge in [0.25, 0.3) is 0 Å². The van der Waals surface area contributed by atoms with E-state index in [1.165, 1.54) is 21.5 Å². The van der Waals surface area contributed by atoms with Crippen LogP contribution >= 0.6 is 11.8 Å². The van der Waals surface area contributed by atoms with Gasteiger partial charge in [-0.05, 0) is 49.2 Å². The third-order valence-corrected chi connectivity index (χ3v) is 6.20. The summed E-state index contributed by atoms with van der Waals surface area (Å²) in [6.45, 7) is 7.83. The summed E-state index contributed by atoms with van der Waals surface area (Å²) in [7, 11) is 4.39. The lowest BCUT2D eigenvalue weighted by atomic mass is 10.1. The molecular weight excluding hydrogens is 374 g/mol. The summed E-state index contributed by atoms with van der Waals surface area (Å²) < 4.78 is 0. The second-order valence-corrected chi connectivity index (χ2v) is 9.31. The van der Waals surface area contributed by atoms with E-state index in [2.05, 4.69) is 91.3 Å². The van der Waals surface area contributed by atoms with Gasteiger partial charge in [0.15, 0.2) is 0 Å². The summed E-state index contributed by atoms with van der Waals surface area (Å²) >= 11 is 1.92. The van der Waals surface area contributed by atoms with Crippen molar-refractivity contribution in [3.63, 3.8) is 0 Å². The molecule has 3 rings (SSSR count). The van der Waals surface area contributed by atoms with Crippen LogP contribution in [0.5, 0.6) is 0 Å². The molecule has 0 radical (unpaired) electrons. The predicted octanol–water partition coefficient (Wildman–Crippen LogP) is 5.59. The fourth-order valence-electron chi connectivity index (χ4n) is 3.56. The van der Waals surface area contributed by atoms with Crippen LogP contribution in [0.1, 0.15) is 19.4 Å². The highest BCUT2D eigenvalue weighted by atomic mass is 32.2. The molecule has 29 heavy (non-hydrogen) atoms. The molecule has 0 aliphatic heterocycles.